The molecule has 0 aliphatic rings. The lowest BCUT2D eigenvalue weighted by Gasteiger charge is -2.11. The maximum absolute atomic E-state index is 6.02. The second-order valence-corrected chi connectivity index (χ2v) is 4.50. The minimum atomic E-state index is 0.377. The minimum absolute atomic E-state index is 0.377. The maximum atomic E-state index is 6.02. The number of ether oxygens (including phenoxy) is 3. The van der Waals surface area contributed by atoms with Crippen molar-refractivity contribution in [3.8, 4) is 23.1 Å². The standard InChI is InChI=1S/C14H15ClN2O3/c1-8-13(15)16-9(2)17-14(8)20-12-6-10(18-3)5-11(7-12)19-4/h5-7H,1-4H3. The van der Waals surface area contributed by atoms with Crippen molar-refractivity contribution in [2.24, 2.45) is 0 Å². The summed E-state index contributed by atoms with van der Waals surface area (Å²) in [5.41, 5.74) is 0.680. The molecule has 2 rings (SSSR count). The molecule has 0 aliphatic heterocycles. The van der Waals surface area contributed by atoms with Gasteiger partial charge in [0.05, 0.1) is 14.2 Å². The van der Waals surface area contributed by atoms with Crippen molar-refractivity contribution in [3.63, 3.8) is 0 Å². The van der Waals surface area contributed by atoms with Gasteiger partial charge in [0.25, 0.3) is 0 Å². The van der Waals surface area contributed by atoms with Gasteiger partial charge in [0.1, 0.15) is 28.2 Å². The zero-order valence-corrected chi connectivity index (χ0v) is 12.5. The minimum Gasteiger partial charge on any atom is -0.496 e. The molecule has 0 fully saturated rings. The third kappa shape index (κ3) is 3.11. The van der Waals surface area contributed by atoms with E-state index < -0.39 is 0 Å². The Bertz CT molecular complexity index is 610. The van der Waals surface area contributed by atoms with E-state index in [1.165, 1.54) is 0 Å². The second kappa shape index (κ2) is 5.96. The van der Waals surface area contributed by atoms with Crippen molar-refractivity contribution in [1.82, 2.24) is 9.97 Å². The van der Waals surface area contributed by atoms with Crippen LogP contribution in [0.5, 0.6) is 23.1 Å². The van der Waals surface area contributed by atoms with Crippen molar-refractivity contribution >= 4 is 11.6 Å². The van der Waals surface area contributed by atoms with Crippen LogP contribution in [0.15, 0.2) is 18.2 Å². The van der Waals surface area contributed by atoms with Gasteiger partial charge in [-0.05, 0) is 13.8 Å². The van der Waals surface area contributed by atoms with Gasteiger partial charge in [-0.1, -0.05) is 11.6 Å². The molecule has 0 saturated heterocycles. The van der Waals surface area contributed by atoms with Crippen LogP contribution in [0.4, 0.5) is 0 Å². The first-order valence-electron chi connectivity index (χ1n) is 5.95. The van der Waals surface area contributed by atoms with Crippen molar-refractivity contribution in [1.29, 1.82) is 0 Å². The molecule has 6 heteroatoms. The fourth-order valence-electron chi connectivity index (χ4n) is 1.62. The molecule has 0 N–H and O–H groups in total. The monoisotopic (exact) mass is 294 g/mol. The van der Waals surface area contributed by atoms with Crippen LogP contribution in [-0.2, 0) is 0 Å². The summed E-state index contributed by atoms with van der Waals surface area (Å²) in [7, 11) is 3.16. The van der Waals surface area contributed by atoms with Gasteiger partial charge in [-0.25, -0.2) is 4.98 Å². The Morgan fingerprint density at radius 3 is 2.00 bits per heavy atom. The number of aryl methyl sites for hydroxylation is 1. The molecule has 20 heavy (non-hydrogen) atoms. The Labute approximate surface area is 122 Å². The molecule has 1 aromatic heterocycles. The summed E-state index contributed by atoms with van der Waals surface area (Å²) in [6, 6.07) is 5.25. The normalized spacial score (nSPS) is 10.2. The SMILES string of the molecule is COc1cc(OC)cc(Oc2nc(C)nc(Cl)c2C)c1. The Kier molecular flexibility index (Phi) is 4.29. The molecule has 1 heterocycles. The van der Waals surface area contributed by atoms with E-state index in [0.717, 1.165) is 0 Å². The van der Waals surface area contributed by atoms with E-state index in [1.807, 2.05) is 0 Å². The highest BCUT2D eigenvalue weighted by Gasteiger charge is 2.11. The van der Waals surface area contributed by atoms with E-state index in [9.17, 15) is 0 Å². The Morgan fingerprint density at radius 1 is 0.900 bits per heavy atom. The van der Waals surface area contributed by atoms with Gasteiger partial charge in [-0.3, -0.25) is 0 Å². The molecule has 0 saturated carbocycles. The van der Waals surface area contributed by atoms with Gasteiger partial charge in [-0.15, -0.1) is 0 Å². The molecule has 0 atom stereocenters. The number of halogens is 1. The number of aromatic nitrogens is 2. The molecule has 5 nitrogen and oxygen atoms in total. The Hall–Kier alpha value is -2.01. The van der Waals surface area contributed by atoms with Crippen LogP contribution in [0.25, 0.3) is 0 Å². The maximum Gasteiger partial charge on any atom is 0.226 e. The van der Waals surface area contributed by atoms with Crippen molar-refractivity contribution in [2.45, 2.75) is 13.8 Å². The molecule has 1 aromatic carbocycles. The number of hydrogen-bond acceptors (Lipinski definition) is 5. The smallest absolute Gasteiger partial charge is 0.226 e. The number of rotatable bonds is 4. The molecule has 106 valence electrons. The van der Waals surface area contributed by atoms with Crippen molar-refractivity contribution in [3.05, 3.63) is 34.7 Å². The molecule has 0 unspecified atom stereocenters. The van der Waals surface area contributed by atoms with E-state index in [-0.39, 0.29) is 0 Å². The highest BCUT2D eigenvalue weighted by atomic mass is 35.5. The molecule has 0 spiro atoms. The summed E-state index contributed by atoms with van der Waals surface area (Å²) < 4.78 is 16.1. The summed E-state index contributed by atoms with van der Waals surface area (Å²) >= 11 is 6.02. The predicted molar refractivity (Wildman–Crippen MR) is 76.1 cm³/mol. The summed E-state index contributed by atoms with van der Waals surface area (Å²) in [6.45, 7) is 3.55. The molecule has 0 amide bonds. The van der Waals surface area contributed by atoms with Crippen LogP contribution in [0.3, 0.4) is 0 Å². The van der Waals surface area contributed by atoms with E-state index in [4.69, 9.17) is 25.8 Å². The third-order valence-corrected chi connectivity index (χ3v) is 3.06. The topological polar surface area (TPSA) is 53.5 Å². The molecule has 0 aliphatic carbocycles. The predicted octanol–water partition coefficient (Wildman–Crippen LogP) is 3.56. The van der Waals surface area contributed by atoms with E-state index in [2.05, 4.69) is 9.97 Å². The molecular formula is C14H15ClN2O3. The van der Waals surface area contributed by atoms with Crippen LogP contribution in [0.2, 0.25) is 5.15 Å². The van der Waals surface area contributed by atoms with Crippen molar-refractivity contribution in [2.75, 3.05) is 14.2 Å². The average Bonchev–Trinajstić information content (AvgIpc) is 2.43. The largest absolute Gasteiger partial charge is 0.496 e. The van der Waals surface area contributed by atoms with Crippen molar-refractivity contribution < 1.29 is 14.2 Å². The summed E-state index contributed by atoms with van der Waals surface area (Å²) in [5, 5.41) is 0.377. The van der Waals surface area contributed by atoms with E-state index in [1.54, 1.807) is 46.3 Å². The first kappa shape index (κ1) is 14.4. The summed E-state index contributed by atoms with van der Waals surface area (Å²) in [5.74, 6) is 2.78. The van der Waals surface area contributed by atoms with Crippen LogP contribution in [-0.4, -0.2) is 24.2 Å². The highest BCUT2D eigenvalue weighted by molar-refractivity contribution is 6.30. The van der Waals surface area contributed by atoms with Crippen LogP contribution >= 0.6 is 11.6 Å². The van der Waals surface area contributed by atoms with Gasteiger partial charge >= 0.3 is 0 Å². The van der Waals surface area contributed by atoms with Gasteiger partial charge < -0.3 is 14.2 Å². The number of hydrogen-bond donors (Lipinski definition) is 0. The van der Waals surface area contributed by atoms with Crippen LogP contribution in [0.1, 0.15) is 11.4 Å². The lowest BCUT2D eigenvalue weighted by molar-refractivity contribution is 0.384. The fraction of sp³-hybridized carbons (Fsp3) is 0.286. The zero-order chi connectivity index (χ0) is 14.7. The molecule has 0 radical (unpaired) electrons. The third-order valence-electron chi connectivity index (χ3n) is 2.69. The Balaban J connectivity index is 2.39. The highest BCUT2D eigenvalue weighted by Crippen LogP contribution is 2.32. The average molecular weight is 295 g/mol. The van der Waals surface area contributed by atoms with Crippen LogP contribution < -0.4 is 14.2 Å². The number of benzene rings is 1. The van der Waals surface area contributed by atoms with E-state index >= 15 is 0 Å². The van der Waals surface area contributed by atoms with Gasteiger partial charge in [0.15, 0.2) is 0 Å². The summed E-state index contributed by atoms with van der Waals surface area (Å²) in [4.78, 5) is 8.31. The first-order chi connectivity index (χ1) is 9.53. The molecule has 2 aromatic rings. The number of nitrogens with zero attached hydrogens (tertiary/aromatic N) is 2. The quantitative estimate of drug-likeness (QED) is 0.807. The summed E-state index contributed by atoms with van der Waals surface area (Å²) in [6.07, 6.45) is 0. The zero-order valence-electron chi connectivity index (χ0n) is 11.7. The molecular weight excluding hydrogens is 280 g/mol. The van der Waals surface area contributed by atoms with Crippen LogP contribution in [0, 0.1) is 13.8 Å². The lowest BCUT2D eigenvalue weighted by atomic mass is 10.3. The first-order valence-corrected chi connectivity index (χ1v) is 6.33. The second-order valence-electron chi connectivity index (χ2n) is 4.14. The van der Waals surface area contributed by atoms with Gasteiger partial charge in [0, 0.05) is 23.8 Å². The number of methoxy groups -OCH3 is 2. The Morgan fingerprint density at radius 2 is 1.45 bits per heavy atom. The van der Waals surface area contributed by atoms with E-state index in [0.29, 0.717) is 39.7 Å². The van der Waals surface area contributed by atoms with Gasteiger partial charge in [-0.2, -0.15) is 4.98 Å². The fourth-order valence-corrected chi connectivity index (χ4v) is 1.82. The molecule has 0 bridgehead atoms. The van der Waals surface area contributed by atoms with Gasteiger partial charge in [0.2, 0.25) is 5.88 Å². The lowest BCUT2D eigenvalue weighted by Crippen LogP contribution is -1.98.